The second kappa shape index (κ2) is 7.06. The maximum absolute atomic E-state index is 3.61. The molecular formula is C17H28N2. The average molecular weight is 260 g/mol. The fraction of sp³-hybridized carbons (Fsp3) is 0.647. The van der Waals surface area contributed by atoms with Crippen molar-refractivity contribution in [2.45, 2.75) is 45.7 Å². The van der Waals surface area contributed by atoms with Crippen LogP contribution in [0.25, 0.3) is 0 Å². The first-order chi connectivity index (χ1) is 9.16. The number of benzene rings is 1. The molecule has 0 bridgehead atoms. The summed E-state index contributed by atoms with van der Waals surface area (Å²) in [5.74, 6) is 0.832. The molecule has 1 aliphatic rings. The number of nitrogens with zero attached hydrogens (tertiary/aromatic N) is 1. The molecule has 106 valence electrons. The van der Waals surface area contributed by atoms with Crippen LogP contribution in [0.15, 0.2) is 30.3 Å². The van der Waals surface area contributed by atoms with Gasteiger partial charge in [-0.3, -0.25) is 4.90 Å². The summed E-state index contributed by atoms with van der Waals surface area (Å²) < 4.78 is 0. The van der Waals surface area contributed by atoms with Crippen molar-refractivity contribution in [3.63, 3.8) is 0 Å². The molecule has 0 amide bonds. The van der Waals surface area contributed by atoms with E-state index in [0.29, 0.717) is 12.1 Å². The van der Waals surface area contributed by atoms with Crippen molar-refractivity contribution in [3.8, 4) is 0 Å². The van der Waals surface area contributed by atoms with Crippen molar-refractivity contribution in [2.24, 2.45) is 5.92 Å². The Bertz CT molecular complexity index is 361. The third kappa shape index (κ3) is 4.32. The summed E-state index contributed by atoms with van der Waals surface area (Å²) >= 11 is 0. The Labute approximate surface area is 118 Å². The Hall–Kier alpha value is -0.860. The molecule has 1 aromatic carbocycles. The van der Waals surface area contributed by atoms with Crippen molar-refractivity contribution < 1.29 is 0 Å². The zero-order valence-electron chi connectivity index (χ0n) is 12.6. The molecule has 1 fully saturated rings. The lowest BCUT2D eigenvalue weighted by Gasteiger charge is -2.38. The van der Waals surface area contributed by atoms with Crippen LogP contribution in [0.1, 0.15) is 45.2 Å². The van der Waals surface area contributed by atoms with Gasteiger partial charge in [-0.2, -0.15) is 0 Å². The third-order valence-electron chi connectivity index (χ3n) is 4.03. The van der Waals surface area contributed by atoms with E-state index in [1.165, 1.54) is 31.5 Å². The van der Waals surface area contributed by atoms with E-state index in [-0.39, 0.29) is 0 Å². The van der Waals surface area contributed by atoms with Gasteiger partial charge in [0.1, 0.15) is 0 Å². The van der Waals surface area contributed by atoms with Crippen molar-refractivity contribution in [1.29, 1.82) is 0 Å². The van der Waals surface area contributed by atoms with Gasteiger partial charge in [0.25, 0.3) is 0 Å². The lowest BCUT2D eigenvalue weighted by atomic mass is 9.96. The van der Waals surface area contributed by atoms with Gasteiger partial charge in [0.2, 0.25) is 0 Å². The zero-order chi connectivity index (χ0) is 13.7. The molecule has 2 nitrogen and oxygen atoms in total. The fourth-order valence-corrected chi connectivity index (χ4v) is 2.99. The number of piperidine rings is 1. The lowest BCUT2D eigenvalue weighted by Crippen LogP contribution is -2.42. The SMILES string of the molecule is CC1CCCN(C(CNC(C)C)c2ccccc2)C1. The van der Waals surface area contributed by atoms with Crippen molar-refractivity contribution in [1.82, 2.24) is 10.2 Å². The van der Waals surface area contributed by atoms with E-state index in [0.717, 1.165) is 12.5 Å². The van der Waals surface area contributed by atoms with E-state index < -0.39 is 0 Å². The summed E-state index contributed by atoms with van der Waals surface area (Å²) in [6.07, 6.45) is 2.72. The number of hydrogen-bond donors (Lipinski definition) is 1. The molecule has 2 unspecified atom stereocenters. The first-order valence-corrected chi connectivity index (χ1v) is 7.69. The molecule has 0 aromatic heterocycles. The standard InChI is InChI=1S/C17H28N2/c1-14(2)18-12-17(16-9-5-4-6-10-16)19-11-7-8-15(3)13-19/h4-6,9-10,14-15,17-18H,7-8,11-13H2,1-3H3. The molecule has 0 radical (unpaired) electrons. The van der Waals surface area contributed by atoms with Gasteiger partial charge in [-0.05, 0) is 30.9 Å². The highest BCUT2D eigenvalue weighted by molar-refractivity contribution is 5.19. The van der Waals surface area contributed by atoms with Gasteiger partial charge in [0.05, 0.1) is 0 Å². The monoisotopic (exact) mass is 260 g/mol. The van der Waals surface area contributed by atoms with Crippen LogP contribution in [-0.2, 0) is 0 Å². The second-order valence-electron chi connectivity index (χ2n) is 6.23. The minimum Gasteiger partial charge on any atom is -0.313 e. The minimum atomic E-state index is 0.520. The molecule has 2 rings (SSSR count). The van der Waals surface area contributed by atoms with Gasteiger partial charge in [0, 0.05) is 25.2 Å². The smallest absolute Gasteiger partial charge is 0.0472 e. The molecule has 1 N–H and O–H groups in total. The normalized spacial score (nSPS) is 22.6. The van der Waals surface area contributed by atoms with E-state index in [9.17, 15) is 0 Å². The summed E-state index contributed by atoms with van der Waals surface area (Å²) in [5.41, 5.74) is 1.45. The number of nitrogens with one attached hydrogen (secondary N) is 1. The Morgan fingerprint density at radius 2 is 2.00 bits per heavy atom. The predicted molar refractivity (Wildman–Crippen MR) is 82.3 cm³/mol. The summed E-state index contributed by atoms with van der Waals surface area (Å²) in [7, 11) is 0. The minimum absolute atomic E-state index is 0.520. The van der Waals surface area contributed by atoms with E-state index >= 15 is 0 Å². The van der Waals surface area contributed by atoms with Crippen LogP contribution >= 0.6 is 0 Å². The predicted octanol–water partition coefficient (Wildman–Crippen LogP) is 3.46. The molecule has 1 saturated heterocycles. The van der Waals surface area contributed by atoms with Gasteiger partial charge < -0.3 is 5.32 Å². The molecule has 0 saturated carbocycles. The molecular weight excluding hydrogens is 232 g/mol. The van der Waals surface area contributed by atoms with Crippen LogP contribution in [0.3, 0.4) is 0 Å². The average Bonchev–Trinajstić information content (AvgIpc) is 2.40. The summed E-state index contributed by atoms with van der Waals surface area (Å²) in [6, 6.07) is 12.0. The Morgan fingerprint density at radius 1 is 1.26 bits per heavy atom. The van der Waals surface area contributed by atoms with Gasteiger partial charge in [-0.1, -0.05) is 51.1 Å². The molecule has 19 heavy (non-hydrogen) atoms. The Balaban J connectivity index is 2.09. The fourth-order valence-electron chi connectivity index (χ4n) is 2.99. The van der Waals surface area contributed by atoms with Crippen LogP contribution in [-0.4, -0.2) is 30.6 Å². The topological polar surface area (TPSA) is 15.3 Å². The van der Waals surface area contributed by atoms with Gasteiger partial charge in [0.15, 0.2) is 0 Å². The molecule has 2 atom stereocenters. The van der Waals surface area contributed by atoms with Gasteiger partial charge in [-0.25, -0.2) is 0 Å². The third-order valence-corrected chi connectivity index (χ3v) is 4.03. The maximum atomic E-state index is 3.61. The summed E-state index contributed by atoms with van der Waals surface area (Å²) in [4.78, 5) is 2.67. The first-order valence-electron chi connectivity index (χ1n) is 7.69. The molecule has 0 spiro atoms. The quantitative estimate of drug-likeness (QED) is 0.872. The van der Waals surface area contributed by atoms with Crippen LogP contribution in [0.4, 0.5) is 0 Å². The largest absolute Gasteiger partial charge is 0.313 e. The highest BCUT2D eigenvalue weighted by Crippen LogP contribution is 2.26. The number of hydrogen-bond acceptors (Lipinski definition) is 2. The van der Waals surface area contributed by atoms with Crippen LogP contribution < -0.4 is 5.32 Å². The second-order valence-corrected chi connectivity index (χ2v) is 6.23. The number of rotatable bonds is 5. The first kappa shape index (κ1) is 14.5. The van der Waals surface area contributed by atoms with Crippen molar-refractivity contribution >= 4 is 0 Å². The van der Waals surface area contributed by atoms with E-state index in [2.05, 4.69) is 61.3 Å². The summed E-state index contributed by atoms with van der Waals surface area (Å²) in [5, 5.41) is 3.61. The Kier molecular flexibility index (Phi) is 5.41. The van der Waals surface area contributed by atoms with Crippen LogP contribution in [0.5, 0.6) is 0 Å². The highest BCUT2D eigenvalue weighted by Gasteiger charge is 2.24. The van der Waals surface area contributed by atoms with Gasteiger partial charge >= 0.3 is 0 Å². The Morgan fingerprint density at radius 3 is 2.63 bits per heavy atom. The molecule has 2 heteroatoms. The van der Waals surface area contributed by atoms with E-state index in [1.807, 2.05) is 0 Å². The van der Waals surface area contributed by atoms with Crippen molar-refractivity contribution in [2.75, 3.05) is 19.6 Å². The lowest BCUT2D eigenvalue weighted by molar-refractivity contribution is 0.126. The van der Waals surface area contributed by atoms with Crippen LogP contribution in [0, 0.1) is 5.92 Å². The molecule has 1 heterocycles. The van der Waals surface area contributed by atoms with E-state index in [4.69, 9.17) is 0 Å². The molecule has 0 aliphatic carbocycles. The zero-order valence-corrected chi connectivity index (χ0v) is 12.6. The van der Waals surface area contributed by atoms with Gasteiger partial charge in [-0.15, -0.1) is 0 Å². The molecule has 1 aliphatic heterocycles. The van der Waals surface area contributed by atoms with E-state index in [1.54, 1.807) is 0 Å². The highest BCUT2D eigenvalue weighted by atomic mass is 15.2. The number of likely N-dealkylation sites (tertiary alicyclic amines) is 1. The summed E-state index contributed by atoms with van der Waals surface area (Å²) in [6.45, 7) is 10.4. The van der Waals surface area contributed by atoms with Crippen LogP contribution in [0.2, 0.25) is 0 Å². The maximum Gasteiger partial charge on any atom is 0.0472 e. The molecule has 1 aromatic rings. The van der Waals surface area contributed by atoms with Crippen molar-refractivity contribution in [3.05, 3.63) is 35.9 Å².